The highest BCUT2D eigenvalue weighted by atomic mass is 35.5. The van der Waals surface area contributed by atoms with E-state index in [0.717, 1.165) is 63.5 Å². The summed E-state index contributed by atoms with van der Waals surface area (Å²) in [5.41, 5.74) is 2.65. The molecule has 30 heavy (non-hydrogen) atoms. The van der Waals surface area contributed by atoms with E-state index in [0.29, 0.717) is 10.7 Å². The van der Waals surface area contributed by atoms with E-state index in [1.165, 1.54) is 18.6 Å². The summed E-state index contributed by atoms with van der Waals surface area (Å²) in [4.78, 5) is 19.7. The van der Waals surface area contributed by atoms with Gasteiger partial charge in [0.2, 0.25) is 5.76 Å². The monoisotopic (exact) mass is 427 g/mol. The van der Waals surface area contributed by atoms with Gasteiger partial charge in [-0.3, -0.25) is 4.79 Å². The van der Waals surface area contributed by atoms with E-state index in [1.54, 1.807) is 0 Å². The molecule has 4 rings (SSSR count). The van der Waals surface area contributed by atoms with Gasteiger partial charge in [0.25, 0.3) is 5.91 Å². The fourth-order valence-corrected chi connectivity index (χ4v) is 4.32. The quantitative estimate of drug-likeness (QED) is 0.799. The zero-order chi connectivity index (χ0) is 21.1. The number of furan rings is 1. The van der Waals surface area contributed by atoms with Crippen LogP contribution in [-0.2, 0) is 0 Å². The van der Waals surface area contributed by atoms with E-state index < -0.39 is 5.91 Å². The van der Waals surface area contributed by atoms with Crippen molar-refractivity contribution < 1.29 is 9.21 Å². The molecule has 2 fully saturated rings. The Labute approximate surface area is 181 Å². The van der Waals surface area contributed by atoms with Gasteiger partial charge in [-0.2, -0.15) is 5.26 Å². The van der Waals surface area contributed by atoms with E-state index in [9.17, 15) is 4.79 Å². The summed E-state index contributed by atoms with van der Waals surface area (Å²) < 4.78 is 5.28. The first-order valence-electron chi connectivity index (χ1n) is 10.4. The lowest BCUT2D eigenvalue weighted by molar-refractivity contribution is 0.0996. The Hall–Kier alpha value is -2.69. The largest absolute Gasteiger partial charge is 0.440 e. The Kier molecular flexibility index (Phi) is 6.16. The van der Waals surface area contributed by atoms with Crippen LogP contribution in [0.5, 0.6) is 0 Å². The smallest absolute Gasteiger partial charge is 0.291 e. The molecule has 2 saturated heterocycles. The molecule has 1 N–H and O–H groups in total. The average molecular weight is 428 g/mol. The van der Waals surface area contributed by atoms with Crippen molar-refractivity contribution in [1.29, 1.82) is 5.26 Å². The van der Waals surface area contributed by atoms with Gasteiger partial charge in [-0.15, -0.1) is 0 Å². The summed E-state index contributed by atoms with van der Waals surface area (Å²) in [5, 5.41) is 12.5. The van der Waals surface area contributed by atoms with Gasteiger partial charge in [0.1, 0.15) is 6.07 Å². The summed E-state index contributed by atoms with van der Waals surface area (Å²) in [7, 11) is 2.13. The van der Waals surface area contributed by atoms with Crippen molar-refractivity contribution in [3.05, 3.63) is 40.8 Å². The lowest BCUT2D eigenvalue weighted by Gasteiger charge is -2.36. The molecule has 0 atom stereocenters. The van der Waals surface area contributed by atoms with Crippen molar-refractivity contribution >= 4 is 34.6 Å². The number of likely N-dealkylation sites (N-methyl/N-ethyl adjacent to an activating group) is 1. The van der Waals surface area contributed by atoms with Crippen LogP contribution in [0.1, 0.15) is 35.6 Å². The molecule has 0 radical (unpaired) electrons. The predicted octanol–water partition coefficient (Wildman–Crippen LogP) is 3.80. The molecule has 3 heterocycles. The van der Waals surface area contributed by atoms with Crippen LogP contribution in [0, 0.1) is 11.3 Å². The van der Waals surface area contributed by atoms with Gasteiger partial charge in [0.15, 0.2) is 5.76 Å². The molecule has 1 amide bonds. The van der Waals surface area contributed by atoms with Gasteiger partial charge in [0.05, 0.1) is 22.1 Å². The first-order valence-corrected chi connectivity index (χ1v) is 10.8. The molecule has 2 aliphatic rings. The number of rotatable bonds is 4. The van der Waals surface area contributed by atoms with E-state index in [-0.39, 0.29) is 11.5 Å². The van der Waals surface area contributed by atoms with E-state index in [1.807, 2.05) is 12.1 Å². The second-order valence-corrected chi connectivity index (χ2v) is 8.30. The second kappa shape index (κ2) is 8.99. The van der Waals surface area contributed by atoms with Gasteiger partial charge in [-0.1, -0.05) is 11.6 Å². The molecule has 158 valence electrons. The lowest BCUT2D eigenvalue weighted by Crippen LogP contribution is -2.44. The van der Waals surface area contributed by atoms with Crippen LogP contribution < -0.4 is 15.1 Å². The maximum absolute atomic E-state index is 12.7. The first-order chi connectivity index (χ1) is 14.5. The zero-order valence-corrected chi connectivity index (χ0v) is 17.9. The number of carbonyl (C=O) groups excluding carboxylic acids is 1. The summed E-state index contributed by atoms with van der Waals surface area (Å²) in [6.45, 7) is 5.73. The third-order valence-electron chi connectivity index (χ3n) is 5.79. The summed E-state index contributed by atoms with van der Waals surface area (Å²) in [5.74, 6) is -0.173. The van der Waals surface area contributed by atoms with E-state index in [4.69, 9.17) is 21.3 Å². The van der Waals surface area contributed by atoms with Crippen LogP contribution >= 0.6 is 11.6 Å². The Morgan fingerprint density at radius 2 is 1.73 bits per heavy atom. The number of carbonyl (C=O) groups is 1. The molecule has 0 saturated carbocycles. The van der Waals surface area contributed by atoms with Gasteiger partial charge >= 0.3 is 0 Å². The standard InChI is InChI=1S/C22H26ClN5O2/c1-26-9-11-28(12-10-26)19-14-20(27-7-3-2-4-8-27)18(13-17(19)23)25-22(29)21-6-5-16(15-24)30-21/h5-6,13-14H,2-4,7-12H2,1H3,(H,25,29). The van der Waals surface area contributed by atoms with Gasteiger partial charge < -0.3 is 24.4 Å². The molecule has 2 aromatic rings. The average Bonchev–Trinajstić information content (AvgIpc) is 3.25. The van der Waals surface area contributed by atoms with Crippen LogP contribution in [0.3, 0.4) is 0 Å². The molecule has 8 heteroatoms. The normalized spacial score (nSPS) is 17.6. The van der Waals surface area contributed by atoms with Gasteiger partial charge in [-0.25, -0.2) is 0 Å². The minimum absolute atomic E-state index is 0.107. The third kappa shape index (κ3) is 4.40. The Morgan fingerprint density at radius 1 is 1.03 bits per heavy atom. The van der Waals surface area contributed by atoms with Crippen LogP contribution in [0.4, 0.5) is 17.1 Å². The van der Waals surface area contributed by atoms with E-state index in [2.05, 4.69) is 33.1 Å². The third-order valence-corrected chi connectivity index (χ3v) is 6.10. The van der Waals surface area contributed by atoms with Crippen molar-refractivity contribution in [1.82, 2.24) is 4.90 Å². The zero-order valence-electron chi connectivity index (χ0n) is 17.2. The van der Waals surface area contributed by atoms with E-state index >= 15 is 0 Å². The fraction of sp³-hybridized carbons (Fsp3) is 0.455. The highest BCUT2D eigenvalue weighted by Crippen LogP contribution is 2.39. The van der Waals surface area contributed by atoms with Crippen molar-refractivity contribution in [3.8, 4) is 6.07 Å². The van der Waals surface area contributed by atoms with Crippen LogP contribution in [-0.4, -0.2) is 57.1 Å². The minimum atomic E-state index is -0.391. The van der Waals surface area contributed by atoms with Crippen LogP contribution in [0.15, 0.2) is 28.7 Å². The second-order valence-electron chi connectivity index (χ2n) is 7.89. The van der Waals surface area contributed by atoms with Crippen LogP contribution in [0.25, 0.3) is 0 Å². The highest BCUT2D eigenvalue weighted by molar-refractivity contribution is 6.34. The van der Waals surface area contributed by atoms with Gasteiger partial charge in [-0.05, 0) is 50.6 Å². The number of piperidine rings is 1. The molecule has 0 bridgehead atoms. The number of piperazine rings is 1. The maximum Gasteiger partial charge on any atom is 0.291 e. The number of amides is 1. The summed E-state index contributed by atoms with van der Waals surface area (Å²) in [6, 6.07) is 8.85. The molecular weight excluding hydrogens is 402 g/mol. The molecule has 1 aromatic heterocycles. The number of nitriles is 1. The summed E-state index contributed by atoms with van der Waals surface area (Å²) >= 11 is 6.67. The molecule has 7 nitrogen and oxygen atoms in total. The van der Waals surface area contributed by atoms with Crippen molar-refractivity contribution in [2.75, 3.05) is 61.4 Å². The van der Waals surface area contributed by atoms with Crippen molar-refractivity contribution in [2.24, 2.45) is 0 Å². The molecule has 1 aromatic carbocycles. The fourth-order valence-electron chi connectivity index (χ4n) is 4.04. The van der Waals surface area contributed by atoms with Crippen LogP contribution in [0.2, 0.25) is 5.02 Å². The number of nitrogens with zero attached hydrogens (tertiary/aromatic N) is 4. The van der Waals surface area contributed by atoms with Gasteiger partial charge in [0, 0.05) is 39.3 Å². The minimum Gasteiger partial charge on any atom is -0.440 e. The van der Waals surface area contributed by atoms with Crippen molar-refractivity contribution in [2.45, 2.75) is 19.3 Å². The SMILES string of the molecule is CN1CCN(c2cc(N3CCCCC3)c(NC(=O)c3ccc(C#N)o3)cc2Cl)CC1. The molecule has 2 aliphatic heterocycles. The molecule has 0 aliphatic carbocycles. The topological polar surface area (TPSA) is 75.8 Å². The first kappa shape index (κ1) is 20.6. The summed E-state index contributed by atoms with van der Waals surface area (Å²) in [6.07, 6.45) is 3.48. The molecule has 0 unspecified atom stereocenters. The number of hydrogen-bond acceptors (Lipinski definition) is 6. The molecular formula is C22H26ClN5O2. The predicted molar refractivity (Wildman–Crippen MR) is 119 cm³/mol. The van der Waals surface area contributed by atoms with Crippen molar-refractivity contribution in [3.63, 3.8) is 0 Å². The molecule has 0 spiro atoms. The Bertz CT molecular complexity index is 953. The number of anilines is 3. The number of benzene rings is 1. The maximum atomic E-state index is 12.7. The number of hydrogen-bond donors (Lipinski definition) is 1. The highest BCUT2D eigenvalue weighted by Gasteiger charge is 2.23. The number of halogens is 1. The lowest BCUT2D eigenvalue weighted by atomic mass is 10.1. The Balaban J connectivity index is 1.65. The number of nitrogens with one attached hydrogen (secondary N) is 1. The Morgan fingerprint density at radius 3 is 2.40 bits per heavy atom.